The molecule has 0 aromatic carbocycles. The van der Waals surface area contributed by atoms with Crippen molar-refractivity contribution in [1.29, 1.82) is 5.26 Å². The Balaban J connectivity index is 2.05. The largest absolute Gasteiger partial charge is 0.357 e. The van der Waals surface area contributed by atoms with E-state index in [2.05, 4.69) is 22.5 Å². The molecule has 1 aromatic rings. The van der Waals surface area contributed by atoms with Crippen LogP contribution in [0.2, 0.25) is 5.15 Å². The summed E-state index contributed by atoms with van der Waals surface area (Å²) in [6.45, 7) is 3.22. The molecule has 16 heavy (non-hydrogen) atoms. The summed E-state index contributed by atoms with van der Waals surface area (Å²) in [7, 11) is 0. The number of hydrogen-bond donors (Lipinski definition) is 2. The second-order valence-electron chi connectivity index (χ2n) is 3.89. The molecule has 2 heterocycles. The molecule has 2 atom stereocenters. The van der Waals surface area contributed by atoms with Crippen molar-refractivity contribution in [2.75, 3.05) is 11.9 Å². The van der Waals surface area contributed by atoms with Crippen LogP contribution in [0.3, 0.4) is 0 Å². The van der Waals surface area contributed by atoms with Gasteiger partial charge in [0.2, 0.25) is 0 Å². The predicted octanol–water partition coefficient (Wildman–Crippen LogP) is 2.22. The minimum atomic E-state index is 0.298. The van der Waals surface area contributed by atoms with Crippen LogP contribution in [0.25, 0.3) is 0 Å². The summed E-state index contributed by atoms with van der Waals surface area (Å²) in [5.74, 6) is 0. The lowest BCUT2D eigenvalue weighted by Gasteiger charge is -2.30. The van der Waals surface area contributed by atoms with E-state index in [1.165, 1.54) is 11.3 Å². The standard InChI is InChI=1S/C10H13ClN4S/c1-6-7(3-2-4-13-6)14-10-15-9(11)8(5-12)16-10/h6-7,13H,2-4H2,1H3,(H,14,15). The molecule has 0 bridgehead atoms. The molecule has 0 spiro atoms. The highest BCUT2D eigenvalue weighted by molar-refractivity contribution is 7.16. The van der Waals surface area contributed by atoms with Crippen LogP contribution in [0.15, 0.2) is 0 Å². The summed E-state index contributed by atoms with van der Waals surface area (Å²) < 4.78 is 0. The molecule has 0 radical (unpaired) electrons. The Morgan fingerprint density at radius 2 is 2.50 bits per heavy atom. The lowest BCUT2D eigenvalue weighted by Crippen LogP contribution is -2.46. The Kier molecular flexibility index (Phi) is 3.64. The van der Waals surface area contributed by atoms with Gasteiger partial charge in [0, 0.05) is 12.1 Å². The molecule has 1 saturated heterocycles. The second kappa shape index (κ2) is 5.00. The summed E-state index contributed by atoms with van der Waals surface area (Å²) in [4.78, 5) is 4.61. The molecular weight excluding hydrogens is 244 g/mol. The molecule has 2 unspecified atom stereocenters. The van der Waals surface area contributed by atoms with E-state index in [1.54, 1.807) is 0 Å². The number of anilines is 1. The molecule has 2 rings (SSSR count). The van der Waals surface area contributed by atoms with Crippen molar-refractivity contribution < 1.29 is 0 Å². The zero-order chi connectivity index (χ0) is 11.5. The number of nitrogens with zero attached hydrogens (tertiary/aromatic N) is 2. The van der Waals surface area contributed by atoms with E-state index < -0.39 is 0 Å². The highest BCUT2D eigenvalue weighted by Crippen LogP contribution is 2.27. The van der Waals surface area contributed by atoms with Gasteiger partial charge in [-0.25, -0.2) is 4.98 Å². The van der Waals surface area contributed by atoms with E-state index in [9.17, 15) is 0 Å². The van der Waals surface area contributed by atoms with Crippen molar-refractivity contribution in [3.8, 4) is 6.07 Å². The molecule has 0 saturated carbocycles. The Hall–Kier alpha value is -0.830. The molecule has 2 N–H and O–H groups in total. The van der Waals surface area contributed by atoms with Gasteiger partial charge in [0.1, 0.15) is 10.9 Å². The zero-order valence-corrected chi connectivity index (χ0v) is 10.5. The van der Waals surface area contributed by atoms with Gasteiger partial charge in [-0.3, -0.25) is 0 Å². The number of thiazole rings is 1. The smallest absolute Gasteiger partial charge is 0.185 e. The molecule has 1 aliphatic rings. The third kappa shape index (κ3) is 2.46. The van der Waals surface area contributed by atoms with Crippen LogP contribution in [0.1, 0.15) is 24.6 Å². The van der Waals surface area contributed by atoms with Crippen LogP contribution in [-0.4, -0.2) is 23.6 Å². The maximum atomic E-state index is 8.79. The number of nitriles is 1. The normalized spacial score (nSPS) is 25.1. The van der Waals surface area contributed by atoms with E-state index in [4.69, 9.17) is 16.9 Å². The van der Waals surface area contributed by atoms with E-state index in [0.29, 0.717) is 22.1 Å². The molecular formula is C10H13ClN4S. The van der Waals surface area contributed by atoms with Gasteiger partial charge in [0.25, 0.3) is 0 Å². The number of nitrogens with one attached hydrogen (secondary N) is 2. The zero-order valence-electron chi connectivity index (χ0n) is 8.96. The lowest BCUT2D eigenvalue weighted by molar-refractivity contribution is 0.389. The summed E-state index contributed by atoms with van der Waals surface area (Å²) >= 11 is 7.13. The van der Waals surface area contributed by atoms with Crippen molar-refractivity contribution in [2.45, 2.75) is 31.8 Å². The summed E-state index contributed by atoms with van der Waals surface area (Å²) in [6, 6.07) is 2.81. The molecule has 86 valence electrons. The number of rotatable bonds is 2. The number of halogens is 1. The highest BCUT2D eigenvalue weighted by Gasteiger charge is 2.22. The van der Waals surface area contributed by atoms with Gasteiger partial charge in [-0.1, -0.05) is 22.9 Å². The van der Waals surface area contributed by atoms with Gasteiger partial charge < -0.3 is 10.6 Å². The monoisotopic (exact) mass is 256 g/mol. The fourth-order valence-electron chi connectivity index (χ4n) is 1.83. The molecule has 0 amide bonds. The van der Waals surface area contributed by atoms with Crippen LogP contribution in [-0.2, 0) is 0 Å². The van der Waals surface area contributed by atoms with Gasteiger partial charge in [0.15, 0.2) is 10.3 Å². The van der Waals surface area contributed by atoms with E-state index >= 15 is 0 Å². The maximum Gasteiger partial charge on any atom is 0.185 e. The van der Waals surface area contributed by atoms with E-state index in [-0.39, 0.29) is 0 Å². The van der Waals surface area contributed by atoms with Gasteiger partial charge in [0.05, 0.1) is 0 Å². The molecule has 1 fully saturated rings. The van der Waals surface area contributed by atoms with E-state index in [1.807, 2.05) is 6.07 Å². The first kappa shape index (κ1) is 11.6. The van der Waals surface area contributed by atoms with Crippen molar-refractivity contribution in [3.63, 3.8) is 0 Å². The second-order valence-corrected chi connectivity index (χ2v) is 5.24. The third-order valence-corrected chi connectivity index (χ3v) is 4.03. The Labute approximate surface area is 104 Å². The van der Waals surface area contributed by atoms with Crippen molar-refractivity contribution in [3.05, 3.63) is 10.0 Å². The molecule has 1 aromatic heterocycles. The molecule has 6 heteroatoms. The minimum absolute atomic E-state index is 0.298. The predicted molar refractivity (Wildman–Crippen MR) is 65.9 cm³/mol. The average molecular weight is 257 g/mol. The fourth-order valence-corrected chi connectivity index (χ4v) is 2.84. The van der Waals surface area contributed by atoms with Gasteiger partial charge in [-0.15, -0.1) is 0 Å². The molecule has 4 nitrogen and oxygen atoms in total. The van der Waals surface area contributed by atoms with Crippen molar-refractivity contribution in [1.82, 2.24) is 10.3 Å². The van der Waals surface area contributed by atoms with Crippen LogP contribution in [0.5, 0.6) is 0 Å². The first-order valence-corrected chi connectivity index (χ1v) is 6.46. The number of piperidine rings is 1. The first-order chi connectivity index (χ1) is 7.70. The summed E-state index contributed by atoms with van der Waals surface area (Å²) in [5, 5.41) is 16.6. The Morgan fingerprint density at radius 1 is 1.69 bits per heavy atom. The highest BCUT2D eigenvalue weighted by atomic mass is 35.5. The van der Waals surface area contributed by atoms with Crippen molar-refractivity contribution >= 4 is 28.1 Å². The van der Waals surface area contributed by atoms with Gasteiger partial charge in [-0.05, 0) is 26.3 Å². The first-order valence-electron chi connectivity index (χ1n) is 5.27. The Morgan fingerprint density at radius 3 is 3.12 bits per heavy atom. The van der Waals surface area contributed by atoms with Crippen molar-refractivity contribution in [2.24, 2.45) is 0 Å². The van der Waals surface area contributed by atoms with Crippen LogP contribution in [0.4, 0.5) is 5.13 Å². The van der Waals surface area contributed by atoms with Gasteiger partial charge in [-0.2, -0.15) is 5.26 Å². The quantitative estimate of drug-likeness (QED) is 0.852. The summed E-state index contributed by atoms with van der Waals surface area (Å²) in [5.41, 5.74) is 0. The SMILES string of the molecule is CC1NCCCC1Nc1nc(Cl)c(C#N)s1. The minimum Gasteiger partial charge on any atom is -0.357 e. The fraction of sp³-hybridized carbons (Fsp3) is 0.600. The number of aromatic nitrogens is 1. The molecule has 0 aliphatic carbocycles. The third-order valence-electron chi connectivity index (χ3n) is 2.76. The molecule has 1 aliphatic heterocycles. The summed E-state index contributed by atoms with van der Waals surface area (Å²) in [6.07, 6.45) is 2.28. The van der Waals surface area contributed by atoms with Crippen LogP contribution >= 0.6 is 22.9 Å². The maximum absolute atomic E-state index is 8.79. The van der Waals surface area contributed by atoms with Crippen LogP contribution < -0.4 is 10.6 Å². The number of hydrogen-bond acceptors (Lipinski definition) is 5. The lowest BCUT2D eigenvalue weighted by atomic mass is 10.0. The van der Waals surface area contributed by atoms with Gasteiger partial charge >= 0.3 is 0 Å². The van der Waals surface area contributed by atoms with E-state index in [0.717, 1.165) is 24.5 Å². The van der Waals surface area contributed by atoms with Crippen LogP contribution in [0, 0.1) is 11.3 Å². The Bertz CT molecular complexity index is 411. The average Bonchev–Trinajstić information content (AvgIpc) is 2.62. The topological polar surface area (TPSA) is 60.7 Å².